The number of amides is 3. The Kier molecular flexibility index (Phi) is 4.01. The number of ether oxygens (including phenoxy) is 1. The van der Waals surface area contributed by atoms with Crippen molar-refractivity contribution in [2.24, 2.45) is 0 Å². The molecule has 6 nitrogen and oxygen atoms in total. The Hall–Kier alpha value is -2.09. The molecular weight excluding hydrogens is 323 g/mol. The van der Waals surface area contributed by atoms with Gasteiger partial charge in [-0.15, -0.1) is 0 Å². The number of urea groups is 1. The first-order valence-electron chi connectivity index (χ1n) is 7.05. The average Bonchev–Trinajstić information content (AvgIpc) is 3.08. The van der Waals surface area contributed by atoms with Gasteiger partial charge in [0.15, 0.2) is 5.78 Å². The van der Waals surface area contributed by atoms with Crippen molar-refractivity contribution in [2.75, 3.05) is 25.2 Å². The number of hydrogen-bond acceptors (Lipinski definition) is 5. The Labute approximate surface area is 136 Å². The minimum atomic E-state index is -0.895. The molecule has 8 heteroatoms. The lowest BCUT2D eigenvalue weighted by atomic mass is 9.99. The highest BCUT2D eigenvalue weighted by molar-refractivity contribution is 7.99. The molecule has 0 saturated carbocycles. The van der Waals surface area contributed by atoms with E-state index in [1.165, 1.54) is 19.2 Å². The van der Waals surface area contributed by atoms with Crippen LogP contribution in [-0.4, -0.2) is 53.3 Å². The molecule has 0 aliphatic carbocycles. The van der Waals surface area contributed by atoms with Crippen LogP contribution in [-0.2, 0) is 4.79 Å². The summed E-state index contributed by atoms with van der Waals surface area (Å²) in [4.78, 5) is 37.9. The van der Waals surface area contributed by atoms with Gasteiger partial charge in [-0.3, -0.25) is 14.5 Å². The highest BCUT2D eigenvalue weighted by Crippen LogP contribution is 2.33. The fourth-order valence-electron chi connectivity index (χ4n) is 2.78. The van der Waals surface area contributed by atoms with Crippen LogP contribution in [0.1, 0.15) is 16.8 Å². The number of hydrogen-bond donors (Lipinski definition) is 1. The maximum atomic E-state index is 13.4. The first-order chi connectivity index (χ1) is 11.0. The van der Waals surface area contributed by atoms with Gasteiger partial charge in [-0.2, -0.15) is 11.8 Å². The molecule has 1 spiro atoms. The number of thioether (sulfide) groups is 1. The smallest absolute Gasteiger partial charge is 0.325 e. The molecule has 2 aliphatic rings. The summed E-state index contributed by atoms with van der Waals surface area (Å²) >= 11 is 1.58. The molecule has 3 rings (SSSR count). The summed E-state index contributed by atoms with van der Waals surface area (Å²) < 4.78 is 18.4. The molecule has 1 aromatic carbocycles. The molecule has 0 aromatic heterocycles. The summed E-state index contributed by atoms with van der Waals surface area (Å²) in [5.41, 5.74) is -0.886. The first-order valence-corrected chi connectivity index (χ1v) is 8.21. The van der Waals surface area contributed by atoms with Gasteiger partial charge in [0, 0.05) is 5.75 Å². The van der Waals surface area contributed by atoms with E-state index < -0.39 is 35.6 Å². The molecule has 3 amide bonds. The minimum Gasteiger partial charge on any atom is -0.496 e. The van der Waals surface area contributed by atoms with Crippen molar-refractivity contribution in [3.8, 4) is 5.75 Å². The molecule has 1 aromatic rings. The van der Waals surface area contributed by atoms with Gasteiger partial charge in [-0.05, 0) is 30.4 Å². The normalized spacial score (nSPS) is 23.5. The number of Topliss-reactive ketones (excluding diaryl/α,β-unsaturated/α-hetero) is 1. The maximum Gasteiger partial charge on any atom is 0.325 e. The second-order valence-corrected chi connectivity index (χ2v) is 6.58. The number of ketones is 1. The lowest BCUT2D eigenvalue weighted by molar-refractivity contribution is -0.130. The van der Waals surface area contributed by atoms with Gasteiger partial charge in [0.05, 0.1) is 19.2 Å². The standard InChI is InChI=1S/C15H15FN2O4S/c1-22-12-3-2-9(16)6-10(12)11(19)7-18-13(20)15(17-14(18)21)4-5-23-8-15/h2-3,6H,4-5,7-8H2,1H3,(H,17,21)/t15-/m1/s1. The van der Waals surface area contributed by atoms with E-state index in [2.05, 4.69) is 5.32 Å². The van der Waals surface area contributed by atoms with Crippen molar-refractivity contribution < 1.29 is 23.5 Å². The third-order valence-electron chi connectivity index (χ3n) is 4.03. The zero-order chi connectivity index (χ0) is 16.6. The second-order valence-electron chi connectivity index (χ2n) is 5.47. The topological polar surface area (TPSA) is 75.7 Å². The SMILES string of the molecule is COc1ccc(F)cc1C(=O)CN1C(=O)N[C@@]2(CCSC2)C1=O. The zero-order valence-electron chi connectivity index (χ0n) is 12.4. The monoisotopic (exact) mass is 338 g/mol. The predicted molar refractivity (Wildman–Crippen MR) is 82.2 cm³/mol. The van der Waals surface area contributed by atoms with E-state index >= 15 is 0 Å². The molecular formula is C15H15FN2O4S. The molecule has 0 unspecified atom stereocenters. The van der Waals surface area contributed by atoms with Gasteiger partial charge in [-0.25, -0.2) is 9.18 Å². The summed E-state index contributed by atoms with van der Waals surface area (Å²) in [5, 5.41) is 2.68. The van der Waals surface area contributed by atoms with Gasteiger partial charge in [-0.1, -0.05) is 0 Å². The molecule has 0 radical (unpaired) electrons. The number of methoxy groups -OCH3 is 1. The van der Waals surface area contributed by atoms with Crippen LogP contribution in [0.4, 0.5) is 9.18 Å². The van der Waals surface area contributed by atoms with Crippen molar-refractivity contribution >= 4 is 29.5 Å². The van der Waals surface area contributed by atoms with Gasteiger partial charge >= 0.3 is 6.03 Å². The lowest BCUT2D eigenvalue weighted by Gasteiger charge is -2.19. The van der Waals surface area contributed by atoms with Gasteiger partial charge < -0.3 is 10.1 Å². The van der Waals surface area contributed by atoms with Gasteiger partial charge in [0.2, 0.25) is 0 Å². The molecule has 2 heterocycles. The number of carbonyl (C=O) groups is 3. The predicted octanol–water partition coefficient (Wildman–Crippen LogP) is 1.44. The van der Waals surface area contributed by atoms with E-state index in [1.54, 1.807) is 11.8 Å². The molecule has 2 saturated heterocycles. The Morgan fingerprint density at radius 2 is 2.26 bits per heavy atom. The fraction of sp³-hybridized carbons (Fsp3) is 0.400. The lowest BCUT2D eigenvalue weighted by Crippen LogP contribution is -2.47. The minimum absolute atomic E-state index is 0.00912. The number of benzene rings is 1. The summed E-state index contributed by atoms with van der Waals surface area (Å²) in [6, 6.07) is 2.97. The molecule has 122 valence electrons. The van der Waals surface area contributed by atoms with Crippen LogP contribution in [0.2, 0.25) is 0 Å². The summed E-state index contributed by atoms with van der Waals surface area (Å²) in [6.45, 7) is -0.434. The van der Waals surface area contributed by atoms with Gasteiger partial charge in [0.25, 0.3) is 5.91 Å². The van der Waals surface area contributed by atoms with Crippen LogP contribution in [0.15, 0.2) is 18.2 Å². The van der Waals surface area contributed by atoms with Crippen molar-refractivity contribution in [1.29, 1.82) is 0 Å². The zero-order valence-corrected chi connectivity index (χ0v) is 13.2. The molecule has 2 fully saturated rings. The van der Waals surface area contributed by atoms with Crippen LogP contribution in [0.3, 0.4) is 0 Å². The Bertz CT molecular complexity index is 688. The summed E-state index contributed by atoms with van der Waals surface area (Å²) in [7, 11) is 1.36. The average molecular weight is 338 g/mol. The molecule has 23 heavy (non-hydrogen) atoms. The Morgan fingerprint density at radius 1 is 1.48 bits per heavy atom. The number of imide groups is 1. The van der Waals surface area contributed by atoms with Crippen LogP contribution in [0.25, 0.3) is 0 Å². The third kappa shape index (κ3) is 2.67. The van der Waals surface area contributed by atoms with E-state index in [0.717, 1.165) is 16.7 Å². The quantitative estimate of drug-likeness (QED) is 0.664. The Balaban J connectivity index is 1.82. The second kappa shape index (κ2) is 5.84. The van der Waals surface area contributed by atoms with Crippen LogP contribution in [0, 0.1) is 5.82 Å². The molecule has 1 atom stereocenters. The van der Waals surface area contributed by atoms with E-state index in [-0.39, 0.29) is 11.3 Å². The van der Waals surface area contributed by atoms with E-state index in [9.17, 15) is 18.8 Å². The molecule has 0 bridgehead atoms. The van der Waals surface area contributed by atoms with E-state index in [0.29, 0.717) is 12.2 Å². The van der Waals surface area contributed by atoms with E-state index in [4.69, 9.17) is 4.74 Å². The van der Waals surface area contributed by atoms with Crippen LogP contribution in [0.5, 0.6) is 5.75 Å². The van der Waals surface area contributed by atoms with Crippen molar-refractivity contribution in [3.05, 3.63) is 29.6 Å². The van der Waals surface area contributed by atoms with Crippen molar-refractivity contribution in [1.82, 2.24) is 10.2 Å². The third-order valence-corrected chi connectivity index (χ3v) is 5.22. The highest BCUT2D eigenvalue weighted by atomic mass is 32.2. The molecule has 2 aliphatic heterocycles. The Morgan fingerprint density at radius 3 is 2.91 bits per heavy atom. The number of rotatable bonds is 4. The maximum absolute atomic E-state index is 13.4. The summed E-state index contributed by atoms with van der Waals surface area (Å²) in [5.74, 6) is -0.0368. The van der Waals surface area contributed by atoms with Crippen LogP contribution < -0.4 is 10.1 Å². The highest BCUT2D eigenvalue weighted by Gasteiger charge is 2.53. The van der Waals surface area contributed by atoms with Crippen LogP contribution >= 0.6 is 11.8 Å². The number of halogens is 1. The van der Waals surface area contributed by atoms with Crippen molar-refractivity contribution in [3.63, 3.8) is 0 Å². The summed E-state index contributed by atoms with van der Waals surface area (Å²) in [6.07, 6.45) is 0.552. The van der Waals surface area contributed by atoms with Crippen molar-refractivity contribution in [2.45, 2.75) is 12.0 Å². The fourth-order valence-corrected chi connectivity index (χ4v) is 4.10. The first kappa shape index (κ1) is 15.8. The number of carbonyl (C=O) groups excluding carboxylic acids is 3. The number of nitrogens with one attached hydrogen (secondary N) is 1. The van der Waals surface area contributed by atoms with Gasteiger partial charge in [0.1, 0.15) is 17.1 Å². The molecule has 1 N–H and O–H groups in total. The largest absolute Gasteiger partial charge is 0.496 e. The number of nitrogens with zero attached hydrogens (tertiary/aromatic N) is 1. The van der Waals surface area contributed by atoms with E-state index in [1.807, 2.05) is 0 Å².